The quantitative estimate of drug-likeness (QED) is 0.385. The molecule has 0 atom stereocenters. The number of hydrogen-bond acceptors (Lipinski definition) is 4. The van der Waals surface area contributed by atoms with Gasteiger partial charge in [-0.2, -0.15) is 0 Å². The zero-order valence-electron chi connectivity index (χ0n) is 9.23. The average Bonchev–Trinajstić information content (AvgIpc) is 2.12. The maximum atomic E-state index is 9.55. The molecular weight excluding hydrogens is 272 g/mol. The summed E-state index contributed by atoms with van der Waals surface area (Å²) in [5.41, 5.74) is 0. The smallest absolute Gasteiger partial charge is 0.328 e. The summed E-state index contributed by atoms with van der Waals surface area (Å²) >= 11 is 0. The summed E-state index contributed by atoms with van der Waals surface area (Å²) < 4.78 is 0. The summed E-state index contributed by atoms with van der Waals surface area (Å²) in [4.78, 5) is 38.2. The van der Waals surface area contributed by atoms with Gasteiger partial charge in [0.15, 0.2) is 0 Å². The van der Waals surface area contributed by atoms with Crippen molar-refractivity contribution in [3.8, 4) is 0 Å². The molecule has 112 valence electrons. The van der Waals surface area contributed by atoms with Gasteiger partial charge in [0.2, 0.25) is 0 Å². The van der Waals surface area contributed by atoms with Crippen LogP contribution in [0.25, 0.3) is 0 Å². The zero-order valence-corrected chi connectivity index (χ0v) is 9.23. The molecular formula is C8H14O11. The first-order valence-corrected chi connectivity index (χ1v) is 3.53. The second kappa shape index (κ2) is 17.6. The lowest BCUT2D eigenvalue weighted by molar-refractivity contribution is -0.134. The third kappa shape index (κ3) is 51.0. The first-order chi connectivity index (χ1) is 7.25. The molecule has 0 radical (unpaired) electrons. The molecule has 11 nitrogen and oxygen atoms in total. The van der Waals surface area contributed by atoms with E-state index in [9.17, 15) is 19.2 Å². The van der Waals surface area contributed by atoms with E-state index in [2.05, 4.69) is 0 Å². The van der Waals surface area contributed by atoms with Crippen molar-refractivity contribution >= 4 is 23.9 Å². The van der Waals surface area contributed by atoms with Crippen molar-refractivity contribution < 1.29 is 56.0 Å². The fourth-order valence-corrected chi connectivity index (χ4v) is 0.285. The van der Waals surface area contributed by atoms with Gasteiger partial charge in [-0.1, -0.05) is 0 Å². The number of carboxylic acids is 4. The van der Waals surface area contributed by atoms with Crippen molar-refractivity contribution in [1.82, 2.24) is 0 Å². The van der Waals surface area contributed by atoms with Crippen molar-refractivity contribution in [1.29, 1.82) is 0 Å². The van der Waals surface area contributed by atoms with Crippen LogP contribution in [0.2, 0.25) is 0 Å². The molecule has 0 bridgehead atoms. The fraction of sp³-hybridized carbons (Fsp3) is 0. The Hall–Kier alpha value is -2.76. The molecule has 0 aromatic rings. The molecule has 10 N–H and O–H groups in total. The standard InChI is InChI=1S/2C4H4O4.3H2O/c2*5-3(6)1-2-4(7)8;;;/h2*1-2H,(H,5,6)(H,7,8);3*1H2/b2*2-1+;;;. The van der Waals surface area contributed by atoms with Crippen LogP contribution in [-0.2, 0) is 19.2 Å². The number of carbonyl (C=O) groups is 4. The third-order valence-electron chi connectivity index (χ3n) is 0.737. The van der Waals surface area contributed by atoms with E-state index in [0.29, 0.717) is 24.3 Å². The predicted molar refractivity (Wildman–Crippen MR) is 59.7 cm³/mol. The largest absolute Gasteiger partial charge is 0.478 e. The first kappa shape index (κ1) is 29.9. The summed E-state index contributed by atoms with van der Waals surface area (Å²) in [6.45, 7) is 0. The van der Waals surface area contributed by atoms with Gasteiger partial charge in [-0.15, -0.1) is 0 Å². The molecule has 0 aliphatic carbocycles. The predicted octanol–water partition coefficient (Wildman–Crippen LogP) is -3.05. The Morgan fingerprint density at radius 1 is 0.474 bits per heavy atom. The Labute approximate surface area is 105 Å². The van der Waals surface area contributed by atoms with E-state index in [1.807, 2.05) is 0 Å². The van der Waals surface area contributed by atoms with E-state index in [4.69, 9.17) is 20.4 Å². The minimum atomic E-state index is -1.26. The highest BCUT2D eigenvalue weighted by Crippen LogP contribution is 1.71. The highest BCUT2D eigenvalue weighted by molar-refractivity contribution is 5.90. The van der Waals surface area contributed by atoms with E-state index >= 15 is 0 Å². The molecule has 19 heavy (non-hydrogen) atoms. The number of rotatable bonds is 4. The molecule has 11 heteroatoms. The van der Waals surface area contributed by atoms with Crippen LogP contribution in [0.3, 0.4) is 0 Å². The molecule has 0 unspecified atom stereocenters. The van der Waals surface area contributed by atoms with Crippen LogP contribution in [0.15, 0.2) is 24.3 Å². The van der Waals surface area contributed by atoms with Crippen molar-refractivity contribution in [3.05, 3.63) is 24.3 Å². The summed E-state index contributed by atoms with van der Waals surface area (Å²) in [7, 11) is 0. The van der Waals surface area contributed by atoms with Crippen LogP contribution >= 0.6 is 0 Å². The van der Waals surface area contributed by atoms with E-state index in [-0.39, 0.29) is 16.4 Å². The van der Waals surface area contributed by atoms with Gasteiger partial charge in [-0.25, -0.2) is 19.2 Å². The van der Waals surface area contributed by atoms with Gasteiger partial charge in [0.1, 0.15) is 0 Å². The summed E-state index contributed by atoms with van der Waals surface area (Å²) in [6, 6.07) is 0. The van der Waals surface area contributed by atoms with E-state index in [1.54, 1.807) is 0 Å². The van der Waals surface area contributed by atoms with Crippen molar-refractivity contribution in [2.24, 2.45) is 0 Å². The van der Waals surface area contributed by atoms with Gasteiger partial charge < -0.3 is 36.9 Å². The second-order valence-electron chi connectivity index (χ2n) is 2.02. The molecule has 0 amide bonds. The topological polar surface area (TPSA) is 244 Å². The zero-order chi connectivity index (χ0) is 13.1. The lowest BCUT2D eigenvalue weighted by Crippen LogP contribution is -1.91. The van der Waals surface area contributed by atoms with Crippen LogP contribution in [0.5, 0.6) is 0 Å². The maximum absolute atomic E-state index is 9.55. The molecule has 0 aliphatic heterocycles. The van der Waals surface area contributed by atoms with Crippen LogP contribution < -0.4 is 0 Å². The molecule has 0 spiro atoms. The van der Waals surface area contributed by atoms with Crippen LogP contribution in [0.4, 0.5) is 0 Å². The molecule has 0 aromatic heterocycles. The average molecular weight is 286 g/mol. The minimum absolute atomic E-state index is 0. The second-order valence-corrected chi connectivity index (χ2v) is 2.02. The van der Waals surface area contributed by atoms with E-state index in [0.717, 1.165) is 0 Å². The maximum Gasteiger partial charge on any atom is 0.328 e. The number of carboxylic acid groups (broad SMARTS) is 4. The van der Waals surface area contributed by atoms with Crippen molar-refractivity contribution in [3.63, 3.8) is 0 Å². The van der Waals surface area contributed by atoms with Gasteiger partial charge in [-0.05, 0) is 0 Å². The SMILES string of the molecule is O.O.O.O=C(O)/C=C/C(=O)O.O=C(O)/C=C/C(=O)O. The molecule has 0 aliphatic rings. The normalized spacial score (nSPS) is 8.00. The van der Waals surface area contributed by atoms with Gasteiger partial charge >= 0.3 is 23.9 Å². The molecule has 0 aromatic carbocycles. The molecule has 0 rings (SSSR count). The van der Waals surface area contributed by atoms with Gasteiger partial charge in [0, 0.05) is 24.3 Å². The Bertz CT molecular complexity index is 275. The van der Waals surface area contributed by atoms with Crippen molar-refractivity contribution in [2.75, 3.05) is 0 Å². The minimum Gasteiger partial charge on any atom is -0.478 e. The first-order valence-electron chi connectivity index (χ1n) is 3.53. The highest BCUT2D eigenvalue weighted by Gasteiger charge is 1.88. The monoisotopic (exact) mass is 286 g/mol. The Morgan fingerprint density at radius 3 is 0.632 bits per heavy atom. The van der Waals surface area contributed by atoms with Crippen LogP contribution in [0, 0.1) is 0 Å². The van der Waals surface area contributed by atoms with E-state index in [1.165, 1.54) is 0 Å². The third-order valence-corrected chi connectivity index (χ3v) is 0.737. The van der Waals surface area contributed by atoms with Gasteiger partial charge in [-0.3, -0.25) is 0 Å². The van der Waals surface area contributed by atoms with Crippen molar-refractivity contribution in [2.45, 2.75) is 0 Å². The van der Waals surface area contributed by atoms with Gasteiger partial charge in [0.25, 0.3) is 0 Å². The Balaban J connectivity index is -0.0000000594. The molecule has 0 fully saturated rings. The summed E-state index contributed by atoms with van der Waals surface area (Å²) in [5, 5.41) is 31.2. The van der Waals surface area contributed by atoms with Gasteiger partial charge in [0.05, 0.1) is 0 Å². The Kier molecular flexibility index (Phi) is 27.7. The van der Waals surface area contributed by atoms with E-state index < -0.39 is 23.9 Å². The number of hydrogen-bond donors (Lipinski definition) is 4. The Morgan fingerprint density at radius 2 is 0.579 bits per heavy atom. The number of aliphatic carboxylic acids is 4. The van der Waals surface area contributed by atoms with Crippen LogP contribution in [0.1, 0.15) is 0 Å². The molecule has 0 saturated carbocycles. The highest BCUT2D eigenvalue weighted by atomic mass is 16.4. The summed E-state index contributed by atoms with van der Waals surface area (Å²) in [5.74, 6) is -5.03. The lowest BCUT2D eigenvalue weighted by Gasteiger charge is -1.74. The molecule has 0 heterocycles. The lowest BCUT2D eigenvalue weighted by atomic mass is 10.5. The molecule has 0 saturated heterocycles. The fourth-order valence-electron chi connectivity index (χ4n) is 0.285. The van der Waals surface area contributed by atoms with Crippen LogP contribution in [-0.4, -0.2) is 60.7 Å². The summed E-state index contributed by atoms with van der Waals surface area (Å²) in [6.07, 6.45) is 2.23.